The van der Waals surface area contributed by atoms with Crippen LogP contribution in [-0.4, -0.2) is 78.0 Å². The number of aromatic amines is 1. The van der Waals surface area contributed by atoms with E-state index in [1.807, 2.05) is 6.26 Å². The molecule has 2 heterocycles. The van der Waals surface area contributed by atoms with E-state index in [1.165, 1.54) is 35.6 Å². The minimum atomic E-state index is -1.36. The first-order chi connectivity index (χ1) is 19.6. The predicted octanol–water partition coefficient (Wildman–Crippen LogP) is -0.386. The Kier molecular flexibility index (Phi) is 10.9. The van der Waals surface area contributed by atoms with Crippen LogP contribution in [0.3, 0.4) is 0 Å². The molecule has 2 aromatic heterocycles. The summed E-state index contributed by atoms with van der Waals surface area (Å²) < 4.78 is 0. The summed E-state index contributed by atoms with van der Waals surface area (Å²) in [6, 6.07) is 3.83. The number of nitrogens with one attached hydrogen (secondary N) is 5. The van der Waals surface area contributed by atoms with Crippen molar-refractivity contribution in [3.8, 4) is 0 Å². The van der Waals surface area contributed by atoms with Gasteiger partial charge in [0, 0.05) is 17.7 Å². The third kappa shape index (κ3) is 8.87. The average Bonchev–Trinajstić information content (AvgIpc) is 2.95. The Bertz CT molecular complexity index is 1470. The Balaban J connectivity index is 1.54. The molecule has 0 saturated carbocycles. The molecular weight excluding hydrogens is 558 g/mol. The van der Waals surface area contributed by atoms with Gasteiger partial charge in [0.1, 0.15) is 12.1 Å². The summed E-state index contributed by atoms with van der Waals surface area (Å²) in [6.07, 6.45) is 3.04. The highest BCUT2D eigenvalue weighted by molar-refractivity contribution is 7.98. The monoisotopic (exact) mass is 587 g/mol. The van der Waals surface area contributed by atoms with Crippen LogP contribution in [0.15, 0.2) is 35.3 Å². The normalized spacial score (nSPS) is 12.2. The number of hydrogen-bond acceptors (Lipinski definition) is 12. The molecule has 9 N–H and O–H groups in total. The van der Waals surface area contributed by atoms with Gasteiger partial charge in [0.2, 0.25) is 11.9 Å². The van der Waals surface area contributed by atoms with Crippen molar-refractivity contribution >= 4 is 58.3 Å². The van der Waals surface area contributed by atoms with E-state index in [4.69, 9.17) is 10.9 Å². The number of carboxylic acids is 1. The lowest BCUT2D eigenvalue weighted by Gasteiger charge is -2.18. The number of thioether (sulfide) groups is 1. The molecule has 3 aromatic rings. The molecular formula is C24H29N9O7S. The van der Waals surface area contributed by atoms with Crippen molar-refractivity contribution < 1.29 is 29.5 Å². The van der Waals surface area contributed by atoms with Crippen molar-refractivity contribution in [3.63, 3.8) is 0 Å². The van der Waals surface area contributed by atoms with E-state index in [9.17, 15) is 29.1 Å². The van der Waals surface area contributed by atoms with Crippen molar-refractivity contribution in [1.82, 2.24) is 36.0 Å². The fourth-order valence-corrected chi connectivity index (χ4v) is 4.08. The van der Waals surface area contributed by atoms with Crippen LogP contribution in [0.5, 0.6) is 0 Å². The van der Waals surface area contributed by atoms with E-state index < -0.39 is 41.3 Å². The molecule has 17 heteroatoms. The van der Waals surface area contributed by atoms with Crippen molar-refractivity contribution in [2.45, 2.75) is 37.9 Å². The number of rotatable bonds is 14. The van der Waals surface area contributed by atoms with Gasteiger partial charge in [-0.15, -0.1) is 0 Å². The fourth-order valence-electron chi connectivity index (χ4n) is 3.61. The van der Waals surface area contributed by atoms with E-state index >= 15 is 0 Å². The SMILES string of the molecule is CSCCC(NC(=O)CCC(NC(=O)c1ccc(NCc2cnc3nc(N)[nH]c(=O)c3n2)cc1)C(=O)O)C(=O)NO. The molecule has 0 aliphatic carbocycles. The Morgan fingerprint density at radius 1 is 1.07 bits per heavy atom. The highest BCUT2D eigenvalue weighted by Crippen LogP contribution is 2.12. The molecule has 0 bridgehead atoms. The van der Waals surface area contributed by atoms with Crippen LogP contribution in [-0.2, 0) is 20.9 Å². The molecule has 0 aliphatic rings. The maximum absolute atomic E-state index is 12.7. The largest absolute Gasteiger partial charge is 0.480 e. The minimum absolute atomic E-state index is 0.0436. The number of H-pyrrole nitrogens is 1. The number of nitrogens with two attached hydrogens (primary N) is 1. The second-order valence-electron chi connectivity index (χ2n) is 8.70. The zero-order valence-corrected chi connectivity index (χ0v) is 22.7. The van der Waals surface area contributed by atoms with Gasteiger partial charge in [-0.05, 0) is 49.1 Å². The van der Waals surface area contributed by atoms with Gasteiger partial charge >= 0.3 is 5.97 Å². The summed E-state index contributed by atoms with van der Waals surface area (Å²) >= 11 is 1.45. The second kappa shape index (κ2) is 14.6. The number of nitrogen functional groups attached to an aromatic ring is 1. The number of hydroxylamine groups is 1. The molecule has 0 radical (unpaired) electrons. The van der Waals surface area contributed by atoms with E-state index in [0.717, 1.165) is 0 Å². The second-order valence-corrected chi connectivity index (χ2v) is 9.68. The van der Waals surface area contributed by atoms with Gasteiger partial charge in [-0.2, -0.15) is 16.7 Å². The minimum Gasteiger partial charge on any atom is -0.480 e. The van der Waals surface area contributed by atoms with Crippen molar-refractivity contribution in [2.75, 3.05) is 23.1 Å². The maximum Gasteiger partial charge on any atom is 0.326 e. The lowest BCUT2D eigenvalue weighted by atomic mass is 10.1. The number of fused-ring (bicyclic) bond motifs is 1. The van der Waals surface area contributed by atoms with Gasteiger partial charge in [0.15, 0.2) is 11.2 Å². The number of carbonyl (C=O) groups excluding carboxylic acids is 3. The molecule has 3 amide bonds. The van der Waals surface area contributed by atoms with Crippen LogP contribution < -0.4 is 32.7 Å². The quantitative estimate of drug-likeness (QED) is 0.0884. The van der Waals surface area contributed by atoms with Crippen molar-refractivity contribution in [2.24, 2.45) is 0 Å². The summed E-state index contributed by atoms with van der Waals surface area (Å²) in [5, 5.41) is 26.3. The third-order valence-electron chi connectivity index (χ3n) is 5.74. The van der Waals surface area contributed by atoms with Gasteiger partial charge in [-0.25, -0.2) is 20.2 Å². The van der Waals surface area contributed by atoms with Crippen LogP contribution in [0.2, 0.25) is 0 Å². The first-order valence-corrected chi connectivity index (χ1v) is 13.6. The lowest BCUT2D eigenvalue weighted by Crippen LogP contribution is -2.47. The number of anilines is 2. The first kappa shape index (κ1) is 30.8. The van der Waals surface area contributed by atoms with Gasteiger partial charge < -0.3 is 26.8 Å². The number of carbonyl (C=O) groups is 4. The van der Waals surface area contributed by atoms with Crippen LogP contribution in [0.4, 0.5) is 11.6 Å². The summed E-state index contributed by atoms with van der Waals surface area (Å²) in [5.41, 5.74) is 7.90. The number of amides is 3. The number of nitrogens with zero attached hydrogens (tertiary/aromatic N) is 3. The van der Waals surface area contributed by atoms with E-state index in [2.05, 4.69) is 35.9 Å². The topological polar surface area (TPSA) is 254 Å². The number of carboxylic acid groups (broad SMARTS) is 1. The lowest BCUT2D eigenvalue weighted by molar-refractivity contribution is -0.139. The van der Waals surface area contributed by atoms with Crippen LogP contribution in [0.1, 0.15) is 35.3 Å². The molecule has 41 heavy (non-hydrogen) atoms. The molecule has 0 aliphatic heterocycles. The van der Waals surface area contributed by atoms with E-state index in [0.29, 0.717) is 17.1 Å². The molecule has 16 nitrogen and oxygen atoms in total. The zero-order chi connectivity index (χ0) is 29.9. The molecule has 0 fully saturated rings. The van der Waals surface area contributed by atoms with E-state index in [1.54, 1.807) is 12.1 Å². The van der Waals surface area contributed by atoms with E-state index in [-0.39, 0.29) is 48.5 Å². The fraction of sp³-hybridized carbons (Fsp3) is 0.333. The maximum atomic E-state index is 12.7. The molecule has 2 unspecified atom stereocenters. The molecule has 0 spiro atoms. The number of benzene rings is 1. The Hall–Kier alpha value is -4.77. The third-order valence-corrected chi connectivity index (χ3v) is 6.39. The van der Waals surface area contributed by atoms with Crippen LogP contribution >= 0.6 is 11.8 Å². The molecule has 3 rings (SSSR count). The predicted molar refractivity (Wildman–Crippen MR) is 149 cm³/mol. The summed E-state index contributed by atoms with van der Waals surface area (Å²) in [6.45, 7) is 0.208. The highest BCUT2D eigenvalue weighted by atomic mass is 32.2. The van der Waals surface area contributed by atoms with Gasteiger partial charge in [-0.3, -0.25) is 29.4 Å². The Labute approximate surface area is 236 Å². The summed E-state index contributed by atoms with van der Waals surface area (Å²) in [5.74, 6) is -2.88. The molecule has 2 atom stereocenters. The number of aliphatic carboxylic acids is 1. The van der Waals surface area contributed by atoms with Crippen LogP contribution in [0, 0.1) is 0 Å². The molecule has 1 aromatic carbocycles. The standard InChI is InChI=1S/C24H29N9O7S/c1-41-9-8-15(21(36)33-40)29-17(34)7-6-16(23(38)39)30-20(35)12-2-4-13(5-3-12)26-10-14-11-27-19-18(28-14)22(37)32-24(25)31-19/h2-5,11,15-16,26,40H,6-10H2,1H3,(H,29,34)(H,30,35)(H,33,36)(H,38,39)(H3,25,27,31,32,37). The zero-order valence-electron chi connectivity index (χ0n) is 21.8. The number of hydrogen-bond donors (Lipinski definition) is 8. The Morgan fingerprint density at radius 2 is 1.80 bits per heavy atom. The average molecular weight is 588 g/mol. The smallest absolute Gasteiger partial charge is 0.326 e. The summed E-state index contributed by atoms with van der Waals surface area (Å²) in [7, 11) is 0. The van der Waals surface area contributed by atoms with Gasteiger partial charge in [0.05, 0.1) is 18.4 Å². The summed E-state index contributed by atoms with van der Waals surface area (Å²) in [4.78, 5) is 75.0. The van der Waals surface area contributed by atoms with Gasteiger partial charge in [0.25, 0.3) is 17.4 Å². The highest BCUT2D eigenvalue weighted by Gasteiger charge is 2.24. The first-order valence-electron chi connectivity index (χ1n) is 12.2. The van der Waals surface area contributed by atoms with Gasteiger partial charge in [-0.1, -0.05) is 0 Å². The molecule has 0 saturated heterocycles. The Morgan fingerprint density at radius 3 is 2.46 bits per heavy atom. The number of aromatic nitrogens is 4. The molecule has 218 valence electrons. The van der Waals surface area contributed by atoms with Crippen molar-refractivity contribution in [1.29, 1.82) is 0 Å². The van der Waals surface area contributed by atoms with Crippen molar-refractivity contribution in [3.05, 3.63) is 52.1 Å². The van der Waals surface area contributed by atoms with Crippen LogP contribution in [0.25, 0.3) is 11.2 Å².